The minimum Gasteiger partial charge on any atom is -0.508 e. The van der Waals surface area contributed by atoms with Gasteiger partial charge in [0.15, 0.2) is 6.10 Å². The second kappa shape index (κ2) is 7.67. The molecule has 0 saturated heterocycles. The third-order valence-electron chi connectivity index (χ3n) is 4.67. The van der Waals surface area contributed by atoms with E-state index in [0.29, 0.717) is 5.56 Å². The fraction of sp³-hybridized carbons (Fsp3) is 0.143. The maximum absolute atomic E-state index is 12.9. The highest BCUT2D eigenvalue weighted by Gasteiger charge is 2.36. The first-order chi connectivity index (χ1) is 14.7. The van der Waals surface area contributed by atoms with Crippen molar-refractivity contribution in [3.8, 4) is 28.4 Å². The van der Waals surface area contributed by atoms with Gasteiger partial charge in [-0.2, -0.15) is 0 Å². The van der Waals surface area contributed by atoms with Crippen LogP contribution >= 0.6 is 0 Å². The predicted molar refractivity (Wildman–Crippen MR) is 104 cm³/mol. The molecule has 0 aliphatic carbocycles. The summed E-state index contributed by atoms with van der Waals surface area (Å²) in [5.74, 6) is -2.64. The smallest absolute Gasteiger partial charge is 0.371 e. The average Bonchev–Trinajstić information content (AvgIpc) is 2.72. The Kier molecular flexibility index (Phi) is 5.01. The maximum atomic E-state index is 12.9. The zero-order valence-corrected chi connectivity index (χ0v) is 15.6. The van der Waals surface area contributed by atoms with Crippen LogP contribution in [-0.4, -0.2) is 50.0 Å². The number of aliphatic hydroxyl groups is 2. The number of rotatable bonds is 4. The Bertz CT molecular complexity index is 1240. The lowest BCUT2D eigenvalue weighted by molar-refractivity contribution is -0.172. The van der Waals surface area contributed by atoms with Gasteiger partial charge in [0.1, 0.15) is 40.6 Å². The summed E-state index contributed by atoms with van der Waals surface area (Å²) >= 11 is 0. The van der Waals surface area contributed by atoms with Crippen LogP contribution in [0.1, 0.15) is 0 Å². The number of aromatic hydroxyl groups is 2. The molecule has 4 rings (SSSR count). The normalized spacial score (nSPS) is 20.7. The number of hydrogen-bond donors (Lipinski definition) is 5. The van der Waals surface area contributed by atoms with Gasteiger partial charge in [-0.15, -0.1) is 0 Å². The van der Waals surface area contributed by atoms with Crippen LogP contribution in [0.4, 0.5) is 0 Å². The minimum absolute atomic E-state index is 0.0247. The number of phenolic OH excluding ortho intramolecular Hbond substituents is 2. The average molecular weight is 428 g/mol. The predicted octanol–water partition coefficient (Wildman–Crippen LogP) is 1.30. The van der Waals surface area contributed by atoms with E-state index in [1.807, 2.05) is 0 Å². The van der Waals surface area contributed by atoms with Crippen molar-refractivity contribution < 1.29 is 44.2 Å². The highest BCUT2D eigenvalue weighted by molar-refractivity contribution is 5.88. The van der Waals surface area contributed by atoms with Crippen LogP contribution < -0.4 is 10.2 Å². The molecule has 3 aromatic rings. The molecule has 1 aliphatic rings. The highest BCUT2D eigenvalue weighted by Crippen LogP contribution is 2.32. The van der Waals surface area contributed by atoms with Gasteiger partial charge >= 0.3 is 5.97 Å². The number of carboxylic acids is 1. The van der Waals surface area contributed by atoms with Crippen LogP contribution in [0.15, 0.2) is 63.7 Å². The molecule has 0 bridgehead atoms. The van der Waals surface area contributed by atoms with Gasteiger partial charge in [0.05, 0.1) is 5.56 Å². The van der Waals surface area contributed by atoms with Gasteiger partial charge in [-0.05, 0) is 23.8 Å². The third kappa shape index (κ3) is 3.77. The lowest BCUT2D eigenvalue weighted by Crippen LogP contribution is -2.45. The van der Waals surface area contributed by atoms with Gasteiger partial charge in [0, 0.05) is 12.1 Å². The van der Waals surface area contributed by atoms with Gasteiger partial charge in [-0.1, -0.05) is 12.1 Å². The van der Waals surface area contributed by atoms with E-state index in [4.69, 9.17) is 19.0 Å². The third-order valence-corrected chi connectivity index (χ3v) is 4.67. The quantitative estimate of drug-likeness (QED) is 0.408. The fourth-order valence-electron chi connectivity index (χ4n) is 3.11. The van der Waals surface area contributed by atoms with Gasteiger partial charge < -0.3 is 39.4 Å². The van der Waals surface area contributed by atoms with E-state index in [1.165, 1.54) is 36.6 Å². The molecule has 0 spiro atoms. The van der Waals surface area contributed by atoms with Crippen molar-refractivity contribution in [1.82, 2.24) is 0 Å². The standard InChI is InChI=1S/C21H16O10/c22-10-3-1-9(2-4-10)12-8-29-15-6-11(5-13(23)17(15)18(12)25)30-21-19(26)14(24)7-16(31-21)20(27)28/h1-8,14,19,21-24,26H,(H,27,28). The first-order valence-electron chi connectivity index (χ1n) is 8.97. The lowest BCUT2D eigenvalue weighted by atomic mass is 10.0. The molecule has 1 aromatic heterocycles. The largest absolute Gasteiger partial charge is 0.508 e. The Labute approximate surface area is 173 Å². The zero-order valence-electron chi connectivity index (χ0n) is 15.6. The Balaban J connectivity index is 1.69. The maximum Gasteiger partial charge on any atom is 0.371 e. The molecule has 10 heteroatoms. The number of aliphatic hydroxyl groups excluding tert-OH is 2. The summed E-state index contributed by atoms with van der Waals surface area (Å²) in [6, 6.07) is 8.16. The van der Waals surface area contributed by atoms with Crippen LogP contribution in [0.3, 0.4) is 0 Å². The molecule has 160 valence electrons. The molecule has 0 fully saturated rings. The van der Waals surface area contributed by atoms with E-state index in [2.05, 4.69) is 0 Å². The van der Waals surface area contributed by atoms with E-state index in [0.717, 1.165) is 12.1 Å². The number of carboxylic acid groups (broad SMARTS) is 1. The summed E-state index contributed by atoms with van der Waals surface area (Å²) in [6.07, 6.45) is -2.74. The van der Waals surface area contributed by atoms with Crippen LogP contribution in [0.5, 0.6) is 17.2 Å². The van der Waals surface area contributed by atoms with E-state index in [9.17, 15) is 30.0 Å². The summed E-state index contributed by atoms with van der Waals surface area (Å²) in [5.41, 5.74) is 0.0505. The zero-order chi connectivity index (χ0) is 22.3. The number of aliphatic carboxylic acids is 1. The number of fused-ring (bicyclic) bond motifs is 1. The summed E-state index contributed by atoms with van der Waals surface area (Å²) in [5, 5.41) is 48.5. The minimum atomic E-state index is -1.61. The van der Waals surface area contributed by atoms with E-state index < -0.39 is 41.4 Å². The monoisotopic (exact) mass is 428 g/mol. The first kappa shape index (κ1) is 20.3. The van der Waals surface area contributed by atoms with Crippen molar-refractivity contribution in [2.45, 2.75) is 18.5 Å². The number of benzene rings is 2. The molecule has 2 heterocycles. The van der Waals surface area contributed by atoms with E-state index in [-0.39, 0.29) is 28.0 Å². The lowest BCUT2D eigenvalue weighted by Gasteiger charge is -2.30. The van der Waals surface area contributed by atoms with Gasteiger partial charge in [-0.3, -0.25) is 4.79 Å². The van der Waals surface area contributed by atoms with Crippen molar-refractivity contribution in [2.75, 3.05) is 0 Å². The number of carbonyl (C=O) groups is 1. The second-order valence-corrected chi connectivity index (χ2v) is 6.76. The Morgan fingerprint density at radius 1 is 1.06 bits per heavy atom. The van der Waals surface area contributed by atoms with E-state index in [1.54, 1.807) is 0 Å². The number of ether oxygens (including phenoxy) is 2. The summed E-state index contributed by atoms with van der Waals surface area (Å²) in [7, 11) is 0. The molecule has 5 N–H and O–H groups in total. The summed E-state index contributed by atoms with van der Waals surface area (Å²) < 4.78 is 15.9. The molecule has 0 radical (unpaired) electrons. The van der Waals surface area contributed by atoms with E-state index >= 15 is 0 Å². The fourth-order valence-corrected chi connectivity index (χ4v) is 3.11. The van der Waals surface area contributed by atoms with Gasteiger partial charge in [-0.25, -0.2) is 4.79 Å². The summed E-state index contributed by atoms with van der Waals surface area (Å²) in [6.45, 7) is 0. The molecular formula is C21H16O10. The Morgan fingerprint density at radius 3 is 2.45 bits per heavy atom. The van der Waals surface area contributed by atoms with Crippen molar-refractivity contribution in [1.29, 1.82) is 0 Å². The molecule has 0 amide bonds. The Hall–Kier alpha value is -4.02. The molecule has 10 nitrogen and oxygen atoms in total. The molecular weight excluding hydrogens is 412 g/mol. The Morgan fingerprint density at radius 2 is 1.77 bits per heavy atom. The summed E-state index contributed by atoms with van der Waals surface area (Å²) in [4.78, 5) is 23.9. The number of hydrogen-bond acceptors (Lipinski definition) is 9. The molecule has 3 atom stereocenters. The van der Waals surface area contributed by atoms with Crippen LogP contribution in [0.2, 0.25) is 0 Å². The van der Waals surface area contributed by atoms with Crippen molar-refractivity contribution in [2.24, 2.45) is 0 Å². The van der Waals surface area contributed by atoms with Crippen LogP contribution in [0.25, 0.3) is 22.1 Å². The highest BCUT2D eigenvalue weighted by atomic mass is 16.7. The van der Waals surface area contributed by atoms with Crippen LogP contribution in [0, 0.1) is 0 Å². The molecule has 0 saturated carbocycles. The number of phenols is 2. The SMILES string of the molecule is O=C(O)C1=CC(O)C(O)C(Oc2cc(O)c3c(=O)c(-c4ccc(O)cc4)coc3c2)O1. The molecule has 31 heavy (non-hydrogen) atoms. The second-order valence-electron chi connectivity index (χ2n) is 6.76. The first-order valence-corrected chi connectivity index (χ1v) is 8.97. The van der Waals surface area contributed by atoms with Crippen molar-refractivity contribution in [3.05, 3.63) is 64.7 Å². The van der Waals surface area contributed by atoms with Crippen LogP contribution in [-0.2, 0) is 9.53 Å². The van der Waals surface area contributed by atoms with Gasteiger partial charge in [0.2, 0.25) is 11.2 Å². The van der Waals surface area contributed by atoms with Gasteiger partial charge in [0.25, 0.3) is 6.29 Å². The molecule has 2 aromatic carbocycles. The van der Waals surface area contributed by atoms with Crippen molar-refractivity contribution >= 4 is 16.9 Å². The molecule has 1 aliphatic heterocycles. The topological polar surface area (TPSA) is 167 Å². The van der Waals surface area contributed by atoms with Crippen molar-refractivity contribution in [3.63, 3.8) is 0 Å². The molecule has 3 unspecified atom stereocenters.